The van der Waals surface area contributed by atoms with Gasteiger partial charge in [0.05, 0.1) is 55.6 Å². The van der Waals surface area contributed by atoms with Crippen LogP contribution in [0, 0.1) is 35.3 Å². The van der Waals surface area contributed by atoms with E-state index in [1.165, 1.54) is 72.0 Å². The Labute approximate surface area is 547 Å². The number of aromatic nitrogens is 6. The first-order chi connectivity index (χ1) is 45.5. The first-order valence-electron chi connectivity index (χ1n) is 33.2. The topological polar surface area (TPSA) is 400 Å². The molecule has 11 N–H and O–H groups in total. The van der Waals surface area contributed by atoms with Gasteiger partial charge in [-0.15, -0.1) is 10.2 Å². The van der Waals surface area contributed by atoms with Crippen LogP contribution in [0.2, 0.25) is 0 Å². The number of ketones is 1. The van der Waals surface area contributed by atoms with Crippen molar-refractivity contribution in [1.82, 2.24) is 40.6 Å². The lowest BCUT2D eigenvalue weighted by Gasteiger charge is -2.49. The van der Waals surface area contributed by atoms with Gasteiger partial charge in [-0.3, -0.25) is 14.4 Å². The molecular weight excluding hydrogens is 1250 g/mol. The van der Waals surface area contributed by atoms with Crippen LogP contribution in [-0.4, -0.2) is 229 Å². The molecule has 0 spiro atoms. The number of carbonyl (C=O) groups excluding carboxylic acids is 3. The molecule has 2 aromatic heterocycles. The quantitative estimate of drug-likeness (QED) is 0.0424. The monoisotopic (exact) mass is 1340 g/mol. The molecule has 28 nitrogen and oxygen atoms in total. The summed E-state index contributed by atoms with van der Waals surface area (Å²) in [5.74, 6) is -5.87. The SMILES string of the molecule is CCC1O[C@@H](O[C@@H]2C[C@@H](C(=O)NCCCC(=O)C3C[C@@H](CC)C(O[C@@H]4OC(C)[C@@H](O)[C@H](O)C4O)[C@H](O[C@@H]4O[C@@H](CO)[C@H](O)C(O[C@@H](CC5CCCCC5)C(=O)O)C4NC(C)=O)C3)CC(n3cc(-c4cccc(F)c4)nn3)C2O)C(O)[C@H](n2cc(-c3cccc(F)c3)nn2)[C@H]1O. The molecule has 4 aromatic rings. The van der Waals surface area contributed by atoms with Crippen LogP contribution < -0.4 is 10.6 Å². The Bertz CT molecular complexity index is 3200. The predicted molar refractivity (Wildman–Crippen MR) is 326 cm³/mol. The zero-order valence-corrected chi connectivity index (χ0v) is 53.5. The normalized spacial score (nSPS) is 35.9. The number of hydrogen-bond donors (Lipinski definition) is 11. The highest BCUT2D eigenvalue weighted by Crippen LogP contribution is 2.43. The van der Waals surface area contributed by atoms with Gasteiger partial charge in [0.15, 0.2) is 25.0 Å². The van der Waals surface area contributed by atoms with Gasteiger partial charge < -0.3 is 89.8 Å². The van der Waals surface area contributed by atoms with Crippen molar-refractivity contribution >= 4 is 23.6 Å². The number of halogens is 2. The third kappa shape index (κ3) is 16.8. The average Bonchev–Trinajstić information content (AvgIpc) is 1.61. The minimum absolute atomic E-state index is 0.0118. The zero-order chi connectivity index (χ0) is 67.9. The van der Waals surface area contributed by atoms with E-state index in [1.54, 1.807) is 19.1 Å². The number of aliphatic hydroxyl groups excluding tert-OH is 8. The van der Waals surface area contributed by atoms with Crippen LogP contribution >= 0.6 is 0 Å². The summed E-state index contributed by atoms with van der Waals surface area (Å²) < 4.78 is 75.5. The van der Waals surface area contributed by atoms with E-state index in [4.69, 9.17) is 33.2 Å². The highest BCUT2D eigenvalue weighted by Gasteiger charge is 2.54. The van der Waals surface area contributed by atoms with Gasteiger partial charge in [-0.25, -0.2) is 22.9 Å². The Kier molecular flexibility index (Phi) is 24.3. The molecule has 5 heterocycles. The molecule has 3 aliphatic carbocycles. The number of nitrogens with one attached hydrogen (secondary N) is 2. The van der Waals surface area contributed by atoms with E-state index in [-0.39, 0.29) is 81.0 Å². The van der Waals surface area contributed by atoms with Gasteiger partial charge in [0, 0.05) is 42.9 Å². The van der Waals surface area contributed by atoms with Crippen molar-refractivity contribution in [1.29, 1.82) is 0 Å². The number of carboxylic acids is 1. The van der Waals surface area contributed by atoms with Crippen LogP contribution in [0.15, 0.2) is 60.9 Å². The molecule has 2 amide bonds. The number of carboxylic acid groups (broad SMARTS) is 1. The van der Waals surface area contributed by atoms with Crippen LogP contribution in [0.3, 0.4) is 0 Å². The lowest BCUT2D eigenvalue weighted by atomic mass is 9.74. The number of aliphatic hydroxyl groups is 8. The standard InChI is InChI=1S/C65H90F2N8O20/c1-5-34-22-37(26-47(59(34)95-65-58(85)57(84)52(79)31(3)89-65)93-63-50(69-32(4)77)60(55(82)49(30-76)94-63)90-48(62(87)88)21-33-13-8-7-9-14-33)44(78)19-12-20-68-61(86)38-25-43(74-28-41(70-72-74)35-15-10-17-39(66)23-35)53(80)46(27-38)92-64-56(83)51(54(81)45(6-2)91-64)75-29-42(71-73-75)36-16-11-18-40(67)24-36/h10-11,15-18,23-24,28-29,31,33-34,37-38,43,45-60,63-65,76,79-85H,5-9,12-14,19-22,25-27,30H2,1-4H3,(H,68,86)(H,69,77)(H,87,88)/t31?,34-,37?,38+,43?,45?,46-,47-,48+,49+,50?,51-,52-,53?,54+,55+,56?,57+,58?,59?,60?,63-,64+,65+/m1/s1. The number of hydrogen-bond acceptors (Lipinski definition) is 23. The summed E-state index contributed by atoms with van der Waals surface area (Å²) in [5.41, 5.74) is 1.30. The maximum absolute atomic E-state index is 14.6. The van der Waals surface area contributed by atoms with Gasteiger partial charge in [-0.1, -0.05) is 87.1 Å². The van der Waals surface area contributed by atoms with Crippen molar-refractivity contribution in [2.45, 2.75) is 246 Å². The number of aliphatic carboxylic acids is 1. The van der Waals surface area contributed by atoms with Crippen molar-refractivity contribution in [2.24, 2.45) is 23.7 Å². The maximum atomic E-state index is 14.6. The van der Waals surface area contributed by atoms with Crippen LogP contribution in [0.5, 0.6) is 0 Å². The lowest BCUT2D eigenvalue weighted by molar-refractivity contribution is -0.338. The molecule has 6 fully saturated rings. The number of amides is 2. The van der Waals surface area contributed by atoms with Gasteiger partial charge >= 0.3 is 5.97 Å². The molecule has 0 bridgehead atoms. The van der Waals surface area contributed by atoms with Crippen LogP contribution in [0.4, 0.5) is 8.78 Å². The van der Waals surface area contributed by atoms with E-state index in [0.717, 1.165) is 32.1 Å². The van der Waals surface area contributed by atoms with Crippen LogP contribution in [-0.2, 0) is 52.3 Å². The summed E-state index contributed by atoms with van der Waals surface area (Å²) in [7, 11) is 0. The molecule has 95 heavy (non-hydrogen) atoms. The third-order valence-electron chi connectivity index (χ3n) is 19.8. The summed E-state index contributed by atoms with van der Waals surface area (Å²) in [6, 6.07) is 7.71. The molecule has 0 radical (unpaired) electrons. The van der Waals surface area contributed by atoms with E-state index < -0.39 is 182 Å². The number of nitrogens with zero attached hydrogens (tertiary/aromatic N) is 6. The fraction of sp³-hybridized carbons (Fsp3) is 0.692. The predicted octanol–water partition coefficient (Wildman–Crippen LogP) is 2.17. The number of benzene rings is 2. The van der Waals surface area contributed by atoms with Gasteiger partial charge in [0.25, 0.3) is 0 Å². The first kappa shape index (κ1) is 71.8. The number of rotatable bonds is 25. The first-order valence-corrected chi connectivity index (χ1v) is 33.2. The molecule has 10 unspecified atom stereocenters. The molecule has 3 aliphatic heterocycles. The third-order valence-corrected chi connectivity index (χ3v) is 19.8. The molecular formula is C65H90F2N8O20. The smallest absolute Gasteiger partial charge is 0.332 e. The Morgan fingerprint density at radius 1 is 0.684 bits per heavy atom. The average molecular weight is 1340 g/mol. The second-order valence-corrected chi connectivity index (χ2v) is 26.3. The molecule has 2 aromatic carbocycles. The molecule has 524 valence electrons. The van der Waals surface area contributed by atoms with Gasteiger partial charge in [-0.2, -0.15) is 0 Å². The Balaban J connectivity index is 0.853. The van der Waals surface area contributed by atoms with Crippen molar-refractivity contribution < 1.29 is 107 Å². The fourth-order valence-electron chi connectivity index (χ4n) is 14.5. The Morgan fingerprint density at radius 2 is 1.32 bits per heavy atom. The molecule has 10 rings (SSSR count). The van der Waals surface area contributed by atoms with E-state index >= 15 is 0 Å². The summed E-state index contributed by atoms with van der Waals surface area (Å²) in [5, 5.41) is 124. The fourth-order valence-corrected chi connectivity index (χ4v) is 14.5. The van der Waals surface area contributed by atoms with Gasteiger partial charge in [0.1, 0.15) is 95.8 Å². The van der Waals surface area contributed by atoms with Crippen LogP contribution in [0.1, 0.15) is 130 Å². The van der Waals surface area contributed by atoms with E-state index in [9.17, 15) is 73.9 Å². The lowest BCUT2D eigenvalue weighted by Crippen LogP contribution is -2.67. The number of Topliss-reactive ketones (excluding diaryl/α,β-unsaturated/α-hetero) is 1. The van der Waals surface area contributed by atoms with Crippen LogP contribution in [0.25, 0.3) is 22.5 Å². The van der Waals surface area contributed by atoms with Gasteiger partial charge in [-0.05, 0) is 88.0 Å². The second-order valence-electron chi connectivity index (χ2n) is 26.3. The largest absolute Gasteiger partial charge is 0.479 e. The molecule has 3 saturated heterocycles. The van der Waals surface area contributed by atoms with Crippen molar-refractivity contribution in [3.8, 4) is 22.5 Å². The van der Waals surface area contributed by atoms with Crippen molar-refractivity contribution in [3.63, 3.8) is 0 Å². The van der Waals surface area contributed by atoms with Gasteiger partial charge in [0.2, 0.25) is 11.8 Å². The summed E-state index contributed by atoms with van der Waals surface area (Å²) >= 11 is 0. The molecule has 30 heteroatoms. The molecule has 24 atom stereocenters. The zero-order valence-electron chi connectivity index (χ0n) is 53.5. The summed E-state index contributed by atoms with van der Waals surface area (Å²) in [6.45, 7) is 5.47. The Morgan fingerprint density at radius 3 is 1.95 bits per heavy atom. The highest BCUT2D eigenvalue weighted by molar-refractivity contribution is 5.82. The van der Waals surface area contributed by atoms with E-state index in [0.29, 0.717) is 17.5 Å². The summed E-state index contributed by atoms with van der Waals surface area (Å²) in [4.78, 5) is 55.0. The van der Waals surface area contributed by atoms with E-state index in [1.807, 2.05) is 6.92 Å². The minimum Gasteiger partial charge on any atom is -0.479 e. The number of ether oxygens (including phenoxy) is 7. The second kappa shape index (κ2) is 32.2. The van der Waals surface area contributed by atoms with Crippen molar-refractivity contribution in [2.75, 3.05) is 13.2 Å². The summed E-state index contributed by atoms with van der Waals surface area (Å²) in [6.07, 6.45) is -17.2. The highest BCUT2D eigenvalue weighted by atomic mass is 19.1. The Hall–Kier alpha value is -5.94. The minimum atomic E-state index is -1.74. The van der Waals surface area contributed by atoms with E-state index in [2.05, 4.69) is 31.3 Å². The number of carbonyl (C=O) groups is 4. The maximum Gasteiger partial charge on any atom is 0.332 e. The van der Waals surface area contributed by atoms with Crippen molar-refractivity contribution in [3.05, 3.63) is 72.6 Å². The molecule has 3 saturated carbocycles. The molecule has 6 aliphatic rings.